The zero-order valence-corrected chi connectivity index (χ0v) is 12.0. The minimum Gasteiger partial charge on any atom is -0.479 e. The summed E-state index contributed by atoms with van der Waals surface area (Å²) in [5.74, 6) is -0.420. The van der Waals surface area contributed by atoms with Crippen LogP contribution >= 0.6 is 0 Å². The molecule has 1 N–H and O–H groups in total. The molecule has 1 fully saturated rings. The lowest BCUT2D eigenvalue weighted by Crippen LogP contribution is -2.59. The Hall–Kier alpha value is -2.17. The number of carbonyl (C=O) groups is 1. The highest BCUT2D eigenvalue weighted by molar-refractivity contribution is 5.79. The summed E-state index contributed by atoms with van der Waals surface area (Å²) in [6.07, 6.45) is 0. The van der Waals surface area contributed by atoms with Gasteiger partial charge in [0.2, 0.25) is 5.60 Å². The van der Waals surface area contributed by atoms with Crippen LogP contribution in [0.4, 0.5) is 5.82 Å². The lowest BCUT2D eigenvalue weighted by molar-refractivity contribution is -0.175. The van der Waals surface area contributed by atoms with E-state index >= 15 is 0 Å². The van der Waals surface area contributed by atoms with E-state index in [2.05, 4.69) is 11.1 Å². The summed E-state index contributed by atoms with van der Waals surface area (Å²) in [5, 5.41) is 18.4. The number of nitriles is 1. The predicted octanol–water partition coefficient (Wildman–Crippen LogP) is 0.568. The first kappa shape index (κ1) is 15.2. The van der Waals surface area contributed by atoms with Gasteiger partial charge in [-0.05, 0) is 19.1 Å². The van der Waals surface area contributed by atoms with Gasteiger partial charge in [-0.2, -0.15) is 5.26 Å². The molecule has 21 heavy (non-hydrogen) atoms. The molecule has 2 heterocycles. The van der Waals surface area contributed by atoms with Crippen LogP contribution in [0.3, 0.4) is 0 Å². The smallest absolute Gasteiger partial charge is 0.340 e. The zero-order chi connectivity index (χ0) is 15.5. The standard InChI is InChI=1S/C14H17N3O4/c1-10-11(7-15)3-4-12(16-10)17-5-6-21-14(8-17,9-20-2)13(18)19/h3-4H,5-6,8-9H2,1-2H3,(H,18,19). The Labute approximate surface area is 122 Å². The second-order valence-corrected chi connectivity index (χ2v) is 4.92. The number of aromatic nitrogens is 1. The second-order valence-electron chi connectivity index (χ2n) is 4.92. The Balaban J connectivity index is 2.27. The number of hydrogen-bond acceptors (Lipinski definition) is 6. The molecule has 0 aliphatic carbocycles. The predicted molar refractivity (Wildman–Crippen MR) is 74.1 cm³/mol. The van der Waals surface area contributed by atoms with Gasteiger partial charge in [-0.15, -0.1) is 0 Å². The van der Waals surface area contributed by atoms with E-state index in [4.69, 9.17) is 14.7 Å². The van der Waals surface area contributed by atoms with Crippen molar-refractivity contribution in [3.8, 4) is 6.07 Å². The average Bonchev–Trinajstić information content (AvgIpc) is 2.47. The molecule has 1 unspecified atom stereocenters. The number of ether oxygens (including phenoxy) is 2. The van der Waals surface area contributed by atoms with Crippen LogP contribution < -0.4 is 4.90 Å². The molecule has 0 spiro atoms. The summed E-state index contributed by atoms with van der Waals surface area (Å²) >= 11 is 0. The molecule has 1 saturated heterocycles. The molecular formula is C14H17N3O4. The first-order valence-corrected chi connectivity index (χ1v) is 6.51. The number of hydrogen-bond donors (Lipinski definition) is 1. The van der Waals surface area contributed by atoms with Gasteiger partial charge in [0.05, 0.1) is 31.0 Å². The minimum absolute atomic E-state index is 0.0336. The van der Waals surface area contributed by atoms with Gasteiger partial charge in [0, 0.05) is 13.7 Å². The largest absolute Gasteiger partial charge is 0.479 e. The third kappa shape index (κ3) is 2.96. The van der Waals surface area contributed by atoms with E-state index in [0.717, 1.165) is 0 Å². The van der Waals surface area contributed by atoms with E-state index in [0.29, 0.717) is 23.6 Å². The lowest BCUT2D eigenvalue weighted by Gasteiger charge is -2.39. The number of anilines is 1. The lowest BCUT2D eigenvalue weighted by atomic mass is 10.0. The third-order valence-corrected chi connectivity index (χ3v) is 3.47. The highest BCUT2D eigenvalue weighted by atomic mass is 16.6. The average molecular weight is 291 g/mol. The van der Waals surface area contributed by atoms with Crippen molar-refractivity contribution < 1.29 is 19.4 Å². The van der Waals surface area contributed by atoms with E-state index in [1.54, 1.807) is 19.1 Å². The monoisotopic (exact) mass is 291 g/mol. The minimum atomic E-state index is -1.39. The number of methoxy groups -OCH3 is 1. The molecule has 0 bridgehead atoms. The van der Waals surface area contributed by atoms with E-state index in [1.807, 2.05) is 4.90 Å². The van der Waals surface area contributed by atoms with Crippen LogP contribution in [0.25, 0.3) is 0 Å². The summed E-state index contributed by atoms with van der Waals surface area (Å²) in [6, 6.07) is 5.47. The molecule has 1 atom stereocenters. The maximum absolute atomic E-state index is 11.5. The van der Waals surface area contributed by atoms with Gasteiger partial charge < -0.3 is 19.5 Å². The van der Waals surface area contributed by atoms with Gasteiger partial charge in [-0.25, -0.2) is 9.78 Å². The number of nitrogens with zero attached hydrogens (tertiary/aromatic N) is 3. The molecular weight excluding hydrogens is 274 g/mol. The number of aryl methyl sites for hydroxylation is 1. The number of pyridine rings is 1. The quantitative estimate of drug-likeness (QED) is 0.866. The molecule has 0 amide bonds. The SMILES string of the molecule is COCC1(C(=O)O)CN(c2ccc(C#N)c(C)n2)CCO1. The summed E-state index contributed by atoms with van der Waals surface area (Å²) in [7, 11) is 1.44. The Bertz CT molecular complexity index is 580. The number of carboxylic acid groups (broad SMARTS) is 1. The van der Waals surface area contributed by atoms with Crippen molar-refractivity contribution in [1.82, 2.24) is 4.98 Å². The van der Waals surface area contributed by atoms with Crippen LogP contribution in [0.1, 0.15) is 11.3 Å². The number of aliphatic carboxylic acids is 1. The molecule has 1 aromatic rings. The van der Waals surface area contributed by atoms with E-state index in [9.17, 15) is 9.90 Å². The maximum atomic E-state index is 11.5. The summed E-state index contributed by atoms with van der Waals surface area (Å²) < 4.78 is 10.4. The molecule has 7 nitrogen and oxygen atoms in total. The first-order valence-electron chi connectivity index (χ1n) is 6.51. The molecule has 0 aromatic carbocycles. The van der Waals surface area contributed by atoms with Crippen LogP contribution in [0.2, 0.25) is 0 Å². The van der Waals surface area contributed by atoms with E-state index in [1.165, 1.54) is 7.11 Å². The Morgan fingerprint density at radius 1 is 1.67 bits per heavy atom. The zero-order valence-electron chi connectivity index (χ0n) is 12.0. The highest BCUT2D eigenvalue weighted by Crippen LogP contribution is 2.24. The van der Waals surface area contributed by atoms with Crippen LogP contribution in [-0.2, 0) is 14.3 Å². The third-order valence-electron chi connectivity index (χ3n) is 3.47. The fraction of sp³-hybridized carbons (Fsp3) is 0.500. The van der Waals surface area contributed by atoms with Crippen molar-refractivity contribution in [3.63, 3.8) is 0 Å². The van der Waals surface area contributed by atoms with Gasteiger partial charge in [-0.1, -0.05) is 0 Å². The highest BCUT2D eigenvalue weighted by Gasteiger charge is 2.44. The maximum Gasteiger partial charge on any atom is 0.340 e. The summed E-state index contributed by atoms with van der Waals surface area (Å²) in [4.78, 5) is 17.7. The van der Waals surface area contributed by atoms with Crippen LogP contribution in [0, 0.1) is 18.3 Å². The van der Waals surface area contributed by atoms with Crippen LogP contribution in [-0.4, -0.2) is 55.1 Å². The molecule has 1 aromatic heterocycles. The van der Waals surface area contributed by atoms with Gasteiger partial charge in [0.25, 0.3) is 0 Å². The molecule has 2 rings (SSSR count). The number of morpholine rings is 1. The summed E-state index contributed by atoms with van der Waals surface area (Å²) in [6.45, 7) is 2.68. The molecule has 0 radical (unpaired) electrons. The fourth-order valence-electron chi connectivity index (χ4n) is 2.33. The summed E-state index contributed by atoms with van der Waals surface area (Å²) in [5.41, 5.74) is -0.265. The van der Waals surface area contributed by atoms with Gasteiger partial charge >= 0.3 is 5.97 Å². The fourth-order valence-corrected chi connectivity index (χ4v) is 2.33. The first-order chi connectivity index (χ1) is 10.0. The molecule has 1 aliphatic heterocycles. The van der Waals surface area contributed by atoms with E-state index in [-0.39, 0.29) is 19.8 Å². The second kappa shape index (κ2) is 6.08. The molecule has 1 aliphatic rings. The normalized spacial score (nSPS) is 21.9. The molecule has 0 saturated carbocycles. The van der Waals surface area contributed by atoms with Crippen molar-refractivity contribution in [3.05, 3.63) is 23.4 Å². The number of rotatable bonds is 4. The van der Waals surface area contributed by atoms with Crippen molar-refractivity contribution in [2.75, 3.05) is 38.3 Å². The van der Waals surface area contributed by atoms with E-state index < -0.39 is 11.6 Å². The van der Waals surface area contributed by atoms with Crippen molar-refractivity contribution in [2.45, 2.75) is 12.5 Å². The number of carboxylic acids is 1. The Morgan fingerprint density at radius 2 is 2.43 bits per heavy atom. The van der Waals surface area contributed by atoms with Crippen molar-refractivity contribution in [2.24, 2.45) is 0 Å². The molecule has 112 valence electrons. The van der Waals surface area contributed by atoms with Gasteiger partial charge in [0.15, 0.2) is 0 Å². The van der Waals surface area contributed by atoms with Gasteiger partial charge in [-0.3, -0.25) is 0 Å². The Morgan fingerprint density at radius 3 is 3.00 bits per heavy atom. The van der Waals surface area contributed by atoms with Crippen molar-refractivity contribution in [1.29, 1.82) is 5.26 Å². The van der Waals surface area contributed by atoms with Crippen LogP contribution in [0.5, 0.6) is 0 Å². The topological polar surface area (TPSA) is 95.7 Å². The van der Waals surface area contributed by atoms with Gasteiger partial charge in [0.1, 0.15) is 11.9 Å². The van der Waals surface area contributed by atoms with Crippen LogP contribution in [0.15, 0.2) is 12.1 Å². The van der Waals surface area contributed by atoms with Crippen molar-refractivity contribution >= 4 is 11.8 Å². The Kier molecular flexibility index (Phi) is 4.40. The molecule has 7 heteroatoms.